The van der Waals surface area contributed by atoms with Crippen molar-refractivity contribution in [3.63, 3.8) is 0 Å². The molecule has 2 heterocycles. The summed E-state index contributed by atoms with van der Waals surface area (Å²) in [6.07, 6.45) is 3.69. The van der Waals surface area contributed by atoms with Gasteiger partial charge in [-0.25, -0.2) is 0 Å². The van der Waals surface area contributed by atoms with Gasteiger partial charge in [0, 0.05) is 30.4 Å². The summed E-state index contributed by atoms with van der Waals surface area (Å²) in [5, 5.41) is 0. The minimum atomic E-state index is 0.852. The van der Waals surface area contributed by atoms with E-state index in [-0.39, 0.29) is 0 Å². The lowest BCUT2D eigenvalue weighted by atomic mass is 10.2. The lowest BCUT2D eigenvalue weighted by Gasteiger charge is -2.15. The average molecular weight is 253 g/mol. The number of rotatable bonds is 4. The lowest BCUT2D eigenvalue weighted by Crippen LogP contribution is -2.16. The summed E-state index contributed by atoms with van der Waals surface area (Å²) in [4.78, 5) is 7.64. The van der Waals surface area contributed by atoms with E-state index in [9.17, 15) is 0 Å². The van der Waals surface area contributed by atoms with Crippen molar-refractivity contribution in [2.75, 3.05) is 7.05 Å². The van der Waals surface area contributed by atoms with Crippen molar-refractivity contribution in [2.45, 2.75) is 13.1 Å². The van der Waals surface area contributed by atoms with E-state index in [4.69, 9.17) is 11.6 Å². The first-order valence-corrected chi connectivity index (χ1v) is 6.25. The van der Waals surface area contributed by atoms with Crippen molar-refractivity contribution in [3.05, 3.63) is 51.4 Å². The van der Waals surface area contributed by atoms with Crippen LogP contribution in [0.3, 0.4) is 0 Å². The summed E-state index contributed by atoms with van der Waals surface area (Å²) >= 11 is 7.53. The van der Waals surface area contributed by atoms with Crippen LogP contribution in [0.4, 0.5) is 0 Å². The van der Waals surface area contributed by atoms with E-state index in [0.717, 1.165) is 17.4 Å². The molecule has 0 unspecified atom stereocenters. The molecule has 16 heavy (non-hydrogen) atoms. The Morgan fingerprint density at radius 1 is 1.31 bits per heavy atom. The van der Waals surface area contributed by atoms with E-state index >= 15 is 0 Å². The molecule has 0 N–H and O–H groups in total. The third kappa shape index (κ3) is 3.30. The molecule has 0 aliphatic rings. The van der Waals surface area contributed by atoms with E-state index in [1.165, 1.54) is 10.4 Å². The van der Waals surface area contributed by atoms with Crippen LogP contribution in [0.15, 0.2) is 36.7 Å². The minimum absolute atomic E-state index is 0.852. The van der Waals surface area contributed by atoms with Gasteiger partial charge in [-0.3, -0.25) is 9.88 Å². The Hall–Kier alpha value is -0.900. The quantitative estimate of drug-likeness (QED) is 0.829. The molecule has 0 atom stereocenters. The highest BCUT2D eigenvalue weighted by atomic mass is 35.5. The predicted octanol–water partition coefficient (Wildman–Crippen LogP) is 3.43. The monoisotopic (exact) mass is 252 g/mol. The first-order chi connectivity index (χ1) is 7.74. The molecule has 84 valence electrons. The van der Waals surface area contributed by atoms with Gasteiger partial charge in [-0.1, -0.05) is 17.7 Å². The summed E-state index contributed by atoms with van der Waals surface area (Å²) in [6.45, 7) is 1.83. The number of hydrogen-bond donors (Lipinski definition) is 0. The van der Waals surface area contributed by atoms with E-state index in [0.29, 0.717) is 0 Å². The standard InChI is InChI=1S/C12H13ClN2S/c1-15(8-10-3-2-6-14-7-10)9-11-4-5-12(13)16-11/h2-7H,8-9H2,1H3. The zero-order chi connectivity index (χ0) is 11.4. The zero-order valence-electron chi connectivity index (χ0n) is 9.06. The molecule has 2 aromatic heterocycles. The van der Waals surface area contributed by atoms with Gasteiger partial charge in [-0.2, -0.15) is 0 Å². The maximum atomic E-state index is 5.89. The van der Waals surface area contributed by atoms with Gasteiger partial charge < -0.3 is 0 Å². The van der Waals surface area contributed by atoms with Crippen LogP contribution in [0.5, 0.6) is 0 Å². The molecular weight excluding hydrogens is 240 g/mol. The highest BCUT2D eigenvalue weighted by Gasteiger charge is 2.03. The van der Waals surface area contributed by atoms with Gasteiger partial charge in [0.2, 0.25) is 0 Å². The first kappa shape index (κ1) is 11.6. The second kappa shape index (κ2) is 5.43. The first-order valence-electron chi connectivity index (χ1n) is 5.06. The fraction of sp³-hybridized carbons (Fsp3) is 0.250. The van der Waals surface area contributed by atoms with E-state index in [1.807, 2.05) is 18.3 Å². The Morgan fingerprint density at radius 2 is 2.19 bits per heavy atom. The normalized spacial score (nSPS) is 10.9. The van der Waals surface area contributed by atoms with Crippen LogP contribution in [0.1, 0.15) is 10.4 Å². The maximum Gasteiger partial charge on any atom is 0.0931 e. The van der Waals surface area contributed by atoms with Gasteiger partial charge in [-0.05, 0) is 30.8 Å². The number of pyridine rings is 1. The highest BCUT2D eigenvalue weighted by Crippen LogP contribution is 2.22. The molecular formula is C12H13ClN2S. The molecule has 2 aromatic rings. The van der Waals surface area contributed by atoms with Crippen molar-refractivity contribution in [2.24, 2.45) is 0 Å². The fourth-order valence-electron chi connectivity index (χ4n) is 1.56. The van der Waals surface area contributed by atoms with Crippen LogP contribution in [0, 0.1) is 0 Å². The fourth-order valence-corrected chi connectivity index (χ4v) is 2.73. The van der Waals surface area contributed by atoms with Gasteiger partial charge >= 0.3 is 0 Å². The van der Waals surface area contributed by atoms with Crippen LogP contribution in [-0.4, -0.2) is 16.9 Å². The number of hydrogen-bond acceptors (Lipinski definition) is 3. The van der Waals surface area contributed by atoms with Crippen molar-refractivity contribution < 1.29 is 0 Å². The van der Waals surface area contributed by atoms with Crippen LogP contribution >= 0.6 is 22.9 Å². The van der Waals surface area contributed by atoms with Crippen LogP contribution in [0.2, 0.25) is 4.34 Å². The van der Waals surface area contributed by atoms with Gasteiger partial charge in [0.1, 0.15) is 0 Å². The molecule has 0 aliphatic carbocycles. The number of thiophene rings is 1. The van der Waals surface area contributed by atoms with Crippen LogP contribution in [-0.2, 0) is 13.1 Å². The van der Waals surface area contributed by atoms with Gasteiger partial charge in [0.05, 0.1) is 4.34 Å². The van der Waals surface area contributed by atoms with E-state index in [2.05, 4.69) is 29.1 Å². The summed E-state index contributed by atoms with van der Waals surface area (Å²) in [7, 11) is 2.10. The summed E-state index contributed by atoms with van der Waals surface area (Å²) in [5.74, 6) is 0. The molecule has 0 saturated carbocycles. The lowest BCUT2D eigenvalue weighted by molar-refractivity contribution is 0.321. The zero-order valence-corrected chi connectivity index (χ0v) is 10.6. The second-order valence-electron chi connectivity index (χ2n) is 3.74. The summed E-state index contributed by atoms with van der Waals surface area (Å²) in [6, 6.07) is 8.07. The summed E-state index contributed by atoms with van der Waals surface area (Å²) in [5.41, 5.74) is 1.23. The van der Waals surface area contributed by atoms with Gasteiger partial charge in [0.15, 0.2) is 0 Å². The maximum absolute atomic E-state index is 5.89. The van der Waals surface area contributed by atoms with E-state index < -0.39 is 0 Å². The van der Waals surface area contributed by atoms with Crippen molar-refractivity contribution >= 4 is 22.9 Å². The van der Waals surface area contributed by atoms with Crippen molar-refractivity contribution in [1.82, 2.24) is 9.88 Å². The predicted molar refractivity (Wildman–Crippen MR) is 68.7 cm³/mol. The Kier molecular flexibility index (Phi) is 3.93. The Labute approximate surface area is 105 Å². The van der Waals surface area contributed by atoms with Crippen LogP contribution in [0.25, 0.3) is 0 Å². The van der Waals surface area contributed by atoms with Crippen molar-refractivity contribution in [1.29, 1.82) is 0 Å². The number of aromatic nitrogens is 1. The minimum Gasteiger partial charge on any atom is -0.297 e. The molecule has 0 radical (unpaired) electrons. The van der Waals surface area contributed by atoms with Crippen molar-refractivity contribution in [3.8, 4) is 0 Å². The topological polar surface area (TPSA) is 16.1 Å². The van der Waals surface area contributed by atoms with E-state index in [1.54, 1.807) is 17.5 Å². The van der Waals surface area contributed by atoms with Crippen LogP contribution < -0.4 is 0 Å². The average Bonchev–Trinajstić information content (AvgIpc) is 2.65. The molecule has 4 heteroatoms. The molecule has 0 aromatic carbocycles. The van der Waals surface area contributed by atoms with Gasteiger partial charge in [0.25, 0.3) is 0 Å². The molecule has 0 bridgehead atoms. The molecule has 0 saturated heterocycles. The molecule has 0 fully saturated rings. The third-order valence-corrected chi connectivity index (χ3v) is 3.45. The summed E-state index contributed by atoms with van der Waals surface area (Å²) < 4.78 is 0.852. The number of halogens is 1. The Balaban J connectivity index is 1.92. The smallest absolute Gasteiger partial charge is 0.0931 e. The number of nitrogens with zero attached hydrogens (tertiary/aromatic N) is 2. The Bertz CT molecular complexity index is 441. The molecule has 2 nitrogen and oxygen atoms in total. The molecule has 0 aliphatic heterocycles. The SMILES string of the molecule is CN(Cc1cccnc1)Cc1ccc(Cl)s1. The second-order valence-corrected chi connectivity index (χ2v) is 5.54. The largest absolute Gasteiger partial charge is 0.297 e. The highest BCUT2D eigenvalue weighted by molar-refractivity contribution is 7.16. The van der Waals surface area contributed by atoms with Gasteiger partial charge in [-0.15, -0.1) is 11.3 Å². The molecule has 2 rings (SSSR count). The Morgan fingerprint density at radius 3 is 2.81 bits per heavy atom. The molecule has 0 amide bonds. The molecule has 0 spiro atoms. The third-order valence-electron chi connectivity index (χ3n) is 2.23.